The van der Waals surface area contributed by atoms with E-state index < -0.39 is 24.7 Å². The lowest BCUT2D eigenvalue weighted by Gasteiger charge is -2.40. The number of likely N-dealkylation sites (tertiary alicyclic amines) is 1. The Labute approximate surface area is 187 Å². The number of methoxy groups -OCH3 is 1. The van der Waals surface area contributed by atoms with Gasteiger partial charge in [-0.3, -0.25) is 9.53 Å². The van der Waals surface area contributed by atoms with Gasteiger partial charge in [-0.2, -0.15) is 0 Å². The smallest absolute Gasteiger partial charge is 0.493 e. The third kappa shape index (κ3) is 5.02. The van der Waals surface area contributed by atoms with Crippen molar-refractivity contribution < 1.29 is 41.7 Å². The van der Waals surface area contributed by atoms with E-state index in [9.17, 15) is 18.0 Å². The zero-order valence-electron chi connectivity index (χ0n) is 17.7. The summed E-state index contributed by atoms with van der Waals surface area (Å²) in [5, 5.41) is 0. The average molecular weight is 469 g/mol. The van der Waals surface area contributed by atoms with E-state index in [0.717, 1.165) is 0 Å². The van der Waals surface area contributed by atoms with E-state index in [2.05, 4.69) is 14.7 Å². The van der Waals surface area contributed by atoms with Crippen LogP contribution in [0.25, 0.3) is 0 Å². The molecule has 12 heteroatoms. The van der Waals surface area contributed by atoms with Crippen LogP contribution in [-0.2, 0) is 19.8 Å². The normalized spacial score (nSPS) is 22.7. The number of nitrogens with zero attached hydrogens (tertiary/aromatic N) is 3. The van der Waals surface area contributed by atoms with Crippen molar-refractivity contribution in [2.45, 2.75) is 24.5 Å². The monoisotopic (exact) mass is 469 g/mol. The molecule has 2 saturated heterocycles. The van der Waals surface area contributed by atoms with Crippen molar-refractivity contribution in [3.63, 3.8) is 0 Å². The molecule has 4 rings (SSSR count). The number of benzene rings is 1. The Morgan fingerprint density at radius 3 is 2.76 bits per heavy atom. The minimum absolute atomic E-state index is 0.0862. The number of rotatable bonds is 7. The van der Waals surface area contributed by atoms with E-state index in [4.69, 9.17) is 18.9 Å². The first-order chi connectivity index (χ1) is 15.8. The molecule has 3 heterocycles. The maximum absolute atomic E-state index is 13.1. The number of carbonyl (C=O) groups is 1. The summed E-state index contributed by atoms with van der Waals surface area (Å²) >= 11 is 0. The predicted molar refractivity (Wildman–Crippen MR) is 106 cm³/mol. The number of amides is 1. The average Bonchev–Trinajstić information content (AvgIpc) is 3.26. The van der Waals surface area contributed by atoms with Crippen LogP contribution < -0.4 is 9.47 Å². The first-order valence-electron chi connectivity index (χ1n) is 10.2. The molecule has 2 aliphatic heterocycles. The molecular weight excluding hydrogens is 447 g/mol. The van der Waals surface area contributed by atoms with Crippen molar-refractivity contribution >= 4 is 5.91 Å². The molecule has 2 fully saturated rings. The first kappa shape index (κ1) is 23.2. The van der Waals surface area contributed by atoms with Crippen molar-refractivity contribution in [2.24, 2.45) is 0 Å². The number of carbonyl (C=O) groups excluding carboxylic acids is 1. The van der Waals surface area contributed by atoms with Crippen LogP contribution in [-0.4, -0.2) is 73.4 Å². The second kappa shape index (κ2) is 9.49. The highest BCUT2D eigenvalue weighted by Gasteiger charge is 2.53. The van der Waals surface area contributed by atoms with Crippen molar-refractivity contribution in [1.29, 1.82) is 0 Å². The molecule has 1 aromatic carbocycles. The molecule has 1 unspecified atom stereocenters. The summed E-state index contributed by atoms with van der Waals surface area (Å²) < 4.78 is 62.1. The van der Waals surface area contributed by atoms with Crippen LogP contribution in [0, 0.1) is 0 Å². The highest BCUT2D eigenvalue weighted by Crippen LogP contribution is 2.41. The minimum Gasteiger partial charge on any atom is -0.493 e. The largest absolute Gasteiger partial charge is 0.522 e. The zero-order chi connectivity index (χ0) is 23.5. The van der Waals surface area contributed by atoms with Crippen LogP contribution >= 0.6 is 0 Å². The van der Waals surface area contributed by atoms with E-state index in [1.54, 1.807) is 23.4 Å². The van der Waals surface area contributed by atoms with Crippen molar-refractivity contribution in [2.75, 3.05) is 40.2 Å². The van der Waals surface area contributed by atoms with Crippen LogP contribution in [0.1, 0.15) is 22.6 Å². The molecule has 178 valence electrons. The highest BCUT2D eigenvalue weighted by molar-refractivity contribution is 5.95. The SMILES string of the molecule is COc1cc(C(=O)N2CC[C@]3(c4ncccn4)OCOC3C2)ccc1OCCOC(F)(F)F. The Morgan fingerprint density at radius 2 is 2.03 bits per heavy atom. The topological polar surface area (TPSA) is 92.2 Å². The fourth-order valence-corrected chi connectivity index (χ4v) is 3.91. The summed E-state index contributed by atoms with van der Waals surface area (Å²) in [5.41, 5.74) is -0.459. The van der Waals surface area contributed by atoms with E-state index in [1.807, 2.05) is 0 Å². The molecule has 2 atom stereocenters. The van der Waals surface area contributed by atoms with E-state index in [1.165, 1.54) is 25.3 Å². The van der Waals surface area contributed by atoms with Gasteiger partial charge in [0.15, 0.2) is 22.9 Å². The van der Waals surface area contributed by atoms with Gasteiger partial charge in [0.1, 0.15) is 19.5 Å². The molecule has 2 aliphatic rings. The van der Waals surface area contributed by atoms with Crippen molar-refractivity contribution in [3.8, 4) is 11.5 Å². The summed E-state index contributed by atoms with van der Waals surface area (Å²) in [5.74, 6) is 0.694. The second-order valence-corrected chi connectivity index (χ2v) is 7.39. The van der Waals surface area contributed by atoms with Gasteiger partial charge < -0.3 is 23.8 Å². The van der Waals surface area contributed by atoms with Crippen LogP contribution in [0.15, 0.2) is 36.7 Å². The second-order valence-electron chi connectivity index (χ2n) is 7.39. The lowest BCUT2D eigenvalue weighted by Crippen LogP contribution is -2.54. The molecule has 0 saturated carbocycles. The Kier molecular flexibility index (Phi) is 6.68. The summed E-state index contributed by atoms with van der Waals surface area (Å²) in [7, 11) is 1.38. The Hall–Kier alpha value is -2.96. The van der Waals surface area contributed by atoms with Gasteiger partial charge in [0, 0.05) is 30.9 Å². The lowest BCUT2D eigenvalue weighted by molar-refractivity contribution is -0.325. The Bertz CT molecular complexity index is 977. The number of fused-ring (bicyclic) bond motifs is 1. The van der Waals surface area contributed by atoms with Gasteiger partial charge in [-0.1, -0.05) is 0 Å². The molecule has 2 aromatic rings. The minimum atomic E-state index is -4.73. The standard InChI is InChI=1S/C21H22F3N3O6/c1-29-16-11-14(3-4-15(16)30-9-10-32-21(22,23)24)18(28)27-8-5-20(17(12-27)31-13-33-20)19-25-6-2-7-26-19/h2-4,6-7,11,17H,5,8-10,12-13H2,1H3/t17?,20-/m0/s1. The molecule has 33 heavy (non-hydrogen) atoms. The number of halogens is 3. The molecule has 0 radical (unpaired) electrons. The third-order valence-electron chi connectivity index (χ3n) is 5.49. The number of ether oxygens (including phenoxy) is 5. The maximum atomic E-state index is 13.1. The molecule has 9 nitrogen and oxygen atoms in total. The first-order valence-corrected chi connectivity index (χ1v) is 10.2. The van der Waals surface area contributed by atoms with Crippen LogP contribution in [0.4, 0.5) is 13.2 Å². The lowest BCUT2D eigenvalue weighted by atomic mass is 9.87. The Balaban J connectivity index is 1.42. The molecule has 1 aromatic heterocycles. The van der Waals surface area contributed by atoms with Gasteiger partial charge in [0.25, 0.3) is 5.91 Å². The van der Waals surface area contributed by atoms with Gasteiger partial charge >= 0.3 is 6.36 Å². The van der Waals surface area contributed by atoms with Gasteiger partial charge in [0.2, 0.25) is 0 Å². The van der Waals surface area contributed by atoms with Crippen molar-refractivity contribution in [1.82, 2.24) is 14.9 Å². The zero-order valence-corrected chi connectivity index (χ0v) is 17.7. The van der Waals surface area contributed by atoms with E-state index in [-0.39, 0.29) is 37.4 Å². The highest BCUT2D eigenvalue weighted by atomic mass is 19.4. The fourth-order valence-electron chi connectivity index (χ4n) is 3.91. The molecule has 0 bridgehead atoms. The number of hydrogen-bond acceptors (Lipinski definition) is 8. The molecule has 0 aliphatic carbocycles. The molecule has 1 amide bonds. The summed E-state index contributed by atoms with van der Waals surface area (Å²) in [6.07, 6.45) is -1.41. The number of piperidine rings is 1. The quantitative estimate of drug-likeness (QED) is 0.572. The van der Waals surface area contributed by atoms with Crippen LogP contribution in [0.3, 0.4) is 0 Å². The summed E-state index contributed by atoms with van der Waals surface area (Å²) in [6.45, 7) is -0.239. The molecule has 0 spiro atoms. The molecular formula is C21H22F3N3O6. The number of hydrogen-bond donors (Lipinski definition) is 0. The molecule has 0 N–H and O–H groups in total. The maximum Gasteiger partial charge on any atom is 0.522 e. The Morgan fingerprint density at radius 1 is 1.24 bits per heavy atom. The van der Waals surface area contributed by atoms with Crippen LogP contribution in [0.5, 0.6) is 11.5 Å². The fraction of sp³-hybridized carbons (Fsp3) is 0.476. The summed E-state index contributed by atoms with van der Waals surface area (Å²) in [6, 6.07) is 6.20. The van der Waals surface area contributed by atoms with Crippen molar-refractivity contribution in [3.05, 3.63) is 48.0 Å². The number of alkyl halides is 3. The van der Waals surface area contributed by atoms with Gasteiger partial charge in [-0.15, -0.1) is 13.2 Å². The van der Waals surface area contributed by atoms with Gasteiger partial charge in [-0.05, 0) is 24.3 Å². The van der Waals surface area contributed by atoms with E-state index >= 15 is 0 Å². The summed E-state index contributed by atoms with van der Waals surface area (Å²) in [4.78, 5) is 23.4. The third-order valence-corrected chi connectivity index (χ3v) is 5.49. The van der Waals surface area contributed by atoms with Gasteiger partial charge in [-0.25, -0.2) is 9.97 Å². The van der Waals surface area contributed by atoms with Gasteiger partial charge in [0.05, 0.1) is 20.3 Å². The van der Waals surface area contributed by atoms with E-state index in [0.29, 0.717) is 24.4 Å². The number of aromatic nitrogens is 2. The van der Waals surface area contributed by atoms with Crippen LogP contribution in [0.2, 0.25) is 0 Å². The predicted octanol–water partition coefficient (Wildman–Crippen LogP) is 2.51.